The fourth-order valence-corrected chi connectivity index (χ4v) is 5.99. The molecule has 9 nitrogen and oxygen atoms in total. The summed E-state index contributed by atoms with van der Waals surface area (Å²) in [5.74, 6) is -2.61. The molecule has 0 radical (unpaired) electrons. The number of hydrogen-bond acceptors (Lipinski definition) is 10. The molecule has 1 saturated heterocycles. The van der Waals surface area contributed by atoms with Crippen LogP contribution in [0.4, 0.5) is 0 Å². The third-order valence-electron chi connectivity index (χ3n) is 6.23. The molecule has 212 valence electrons. The maximum absolute atomic E-state index is 12.2. The smallest absolute Gasteiger partial charge is 0.303 e. The van der Waals surface area contributed by atoms with Gasteiger partial charge < -0.3 is 23.7 Å². The van der Waals surface area contributed by atoms with Crippen molar-refractivity contribution in [3.8, 4) is 0 Å². The first-order valence-corrected chi connectivity index (χ1v) is 13.8. The lowest BCUT2D eigenvalue weighted by atomic mass is 9.89. The zero-order valence-corrected chi connectivity index (χ0v) is 24.0. The number of thiophene rings is 1. The van der Waals surface area contributed by atoms with E-state index in [0.717, 1.165) is 20.5 Å². The Bertz CT molecular complexity index is 1380. The van der Waals surface area contributed by atoms with Crippen LogP contribution in [0.15, 0.2) is 48.5 Å². The van der Waals surface area contributed by atoms with Crippen molar-refractivity contribution in [2.45, 2.75) is 64.6 Å². The van der Waals surface area contributed by atoms with E-state index in [9.17, 15) is 19.2 Å². The molecule has 40 heavy (non-hydrogen) atoms. The Kier molecular flexibility index (Phi) is 9.44. The lowest BCUT2D eigenvalue weighted by Gasteiger charge is -2.44. The van der Waals surface area contributed by atoms with Crippen molar-refractivity contribution in [1.29, 1.82) is 0 Å². The monoisotopic (exact) mass is 588 g/mol. The summed E-state index contributed by atoms with van der Waals surface area (Å²) < 4.78 is 29.2. The van der Waals surface area contributed by atoms with E-state index >= 15 is 0 Å². The van der Waals surface area contributed by atoms with Crippen LogP contribution in [0.5, 0.6) is 0 Å². The normalized spacial score (nSPS) is 22.4. The van der Waals surface area contributed by atoms with Crippen LogP contribution in [0.2, 0.25) is 5.02 Å². The summed E-state index contributed by atoms with van der Waals surface area (Å²) >= 11 is 8.25. The summed E-state index contributed by atoms with van der Waals surface area (Å²) in [6, 6.07) is 15.5. The average Bonchev–Trinajstić information content (AvgIpc) is 3.28. The number of hydrogen-bond donors (Lipinski definition) is 0. The highest BCUT2D eigenvalue weighted by atomic mass is 35.5. The molecule has 2 heterocycles. The Morgan fingerprint density at radius 1 is 0.825 bits per heavy atom. The number of esters is 4. The molecule has 0 unspecified atom stereocenters. The van der Waals surface area contributed by atoms with Crippen LogP contribution < -0.4 is 0 Å². The van der Waals surface area contributed by atoms with Gasteiger partial charge in [-0.1, -0.05) is 41.9 Å². The van der Waals surface area contributed by atoms with E-state index in [4.69, 9.17) is 35.3 Å². The van der Waals surface area contributed by atoms with Crippen molar-refractivity contribution in [2.75, 3.05) is 6.61 Å². The Morgan fingerprint density at radius 2 is 1.48 bits per heavy atom. The number of carbonyl (C=O) groups excluding carboxylic acids is 4. The topological polar surface area (TPSA) is 114 Å². The standard InChI is InChI=1S/C29H29ClO9S/c1-15(31)35-14-24-27(36-16(2)32)29(38-18(4)34)28(37-17(3)33)26(39-24)20-9-10-23(30)21(11-20)13-22-12-19-7-5-6-8-25(19)40-22/h5-12,24,26-29H,13-14H2,1-4H3/t24-,26+,27-,28+,29+/m1/s1. The van der Waals surface area contributed by atoms with Crippen molar-refractivity contribution in [3.63, 3.8) is 0 Å². The molecule has 4 rings (SSSR count). The van der Waals surface area contributed by atoms with Gasteiger partial charge in [0.05, 0.1) is 0 Å². The van der Waals surface area contributed by atoms with Crippen molar-refractivity contribution < 1.29 is 42.9 Å². The highest BCUT2D eigenvalue weighted by Crippen LogP contribution is 2.39. The SMILES string of the molecule is CC(=O)OC[C@H]1O[C@@H](c2ccc(Cl)c(Cc3cc4ccccc4s3)c2)[C@H](OC(C)=O)[C@@H](OC(C)=O)[C@@H]1OC(C)=O. The van der Waals surface area contributed by atoms with E-state index in [-0.39, 0.29) is 6.61 Å². The van der Waals surface area contributed by atoms with Gasteiger partial charge in [0.15, 0.2) is 18.3 Å². The first-order chi connectivity index (χ1) is 19.0. The summed E-state index contributed by atoms with van der Waals surface area (Å²) in [7, 11) is 0. The molecule has 0 N–H and O–H groups in total. The second-order valence-electron chi connectivity index (χ2n) is 9.40. The predicted octanol–water partition coefficient (Wildman–Crippen LogP) is 4.94. The average molecular weight is 589 g/mol. The Morgan fingerprint density at radius 3 is 2.12 bits per heavy atom. The molecule has 1 aliphatic heterocycles. The van der Waals surface area contributed by atoms with Crippen molar-refractivity contribution >= 4 is 56.9 Å². The number of fused-ring (bicyclic) bond motifs is 1. The Labute approximate surface area is 240 Å². The van der Waals surface area contributed by atoms with Gasteiger partial charge in [-0.05, 0) is 34.7 Å². The van der Waals surface area contributed by atoms with E-state index in [1.165, 1.54) is 27.7 Å². The fourth-order valence-electron chi connectivity index (χ4n) is 4.72. The Hall–Kier alpha value is -3.47. The van der Waals surface area contributed by atoms with E-state index in [0.29, 0.717) is 17.0 Å². The molecule has 5 atom stereocenters. The van der Waals surface area contributed by atoms with Gasteiger partial charge in [-0.25, -0.2) is 0 Å². The zero-order chi connectivity index (χ0) is 29.0. The van der Waals surface area contributed by atoms with Gasteiger partial charge >= 0.3 is 23.9 Å². The van der Waals surface area contributed by atoms with Crippen molar-refractivity contribution in [1.82, 2.24) is 0 Å². The van der Waals surface area contributed by atoms with Gasteiger partial charge in [-0.2, -0.15) is 0 Å². The van der Waals surface area contributed by atoms with E-state index in [1.54, 1.807) is 23.5 Å². The summed E-state index contributed by atoms with van der Waals surface area (Å²) in [4.78, 5) is 49.0. The molecule has 1 aliphatic rings. The van der Waals surface area contributed by atoms with Gasteiger partial charge in [-0.15, -0.1) is 11.3 Å². The van der Waals surface area contributed by atoms with Crippen molar-refractivity contribution in [2.24, 2.45) is 0 Å². The molecule has 3 aromatic rings. The third kappa shape index (κ3) is 7.18. The number of ether oxygens (including phenoxy) is 5. The maximum atomic E-state index is 12.2. The minimum Gasteiger partial charge on any atom is -0.463 e. The first kappa shape index (κ1) is 29.5. The van der Waals surface area contributed by atoms with Gasteiger partial charge in [0.25, 0.3) is 0 Å². The first-order valence-electron chi connectivity index (χ1n) is 12.6. The maximum Gasteiger partial charge on any atom is 0.303 e. The molecule has 0 aliphatic carbocycles. The van der Waals surface area contributed by atoms with Crippen LogP contribution in [-0.2, 0) is 49.3 Å². The largest absolute Gasteiger partial charge is 0.463 e. The third-order valence-corrected chi connectivity index (χ3v) is 7.72. The second-order valence-corrected chi connectivity index (χ2v) is 11.0. The van der Waals surface area contributed by atoms with Crippen LogP contribution in [-0.4, -0.2) is 54.9 Å². The highest BCUT2D eigenvalue weighted by molar-refractivity contribution is 7.19. The lowest BCUT2D eigenvalue weighted by Crippen LogP contribution is -2.59. The van der Waals surface area contributed by atoms with Gasteiger partial charge in [0, 0.05) is 48.7 Å². The van der Waals surface area contributed by atoms with Gasteiger partial charge in [0.2, 0.25) is 0 Å². The van der Waals surface area contributed by atoms with Gasteiger partial charge in [-0.3, -0.25) is 19.2 Å². The number of benzene rings is 2. The highest BCUT2D eigenvalue weighted by Gasteiger charge is 2.52. The quantitative estimate of drug-likeness (QED) is 0.266. The Balaban J connectivity index is 1.74. The van der Waals surface area contributed by atoms with E-state index in [2.05, 4.69) is 12.1 Å². The molecule has 2 aromatic carbocycles. The van der Waals surface area contributed by atoms with E-state index in [1.807, 2.05) is 24.3 Å². The van der Waals surface area contributed by atoms with Crippen LogP contribution >= 0.6 is 22.9 Å². The summed E-state index contributed by atoms with van der Waals surface area (Å²) in [5, 5.41) is 1.67. The molecular formula is C29H29ClO9S. The zero-order valence-electron chi connectivity index (χ0n) is 22.4. The molecule has 11 heteroatoms. The fraction of sp³-hybridized carbons (Fsp3) is 0.379. The minimum absolute atomic E-state index is 0.295. The summed E-state index contributed by atoms with van der Waals surface area (Å²) in [5.41, 5.74) is 1.39. The van der Waals surface area contributed by atoms with E-state index < -0.39 is 54.4 Å². The molecule has 0 saturated carbocycles. The number of carbonyl (C=O) groups is 4. The molecule has 1 aromatic heterocycles. The molecule has 0 amide bonds. The van der Waals surface area contributed by atoms with Crippen LogP contribution in [0.25, 0.3) is 10.1 Å². The summed E-state index contributed by atoms with van der Waals surface area (Å²) in [6.45, 7) is 4.51. The number of rotatable bonds is 8. The molecule has 0 bridgehead atoms. The second kappa shape index (κ2) is 12.8. The summed E-state index contributed by atoms with van der Waals surface area (Å²) in [6.07, 6.45) is -5.11. The molecule has 1 fully saturated rings. The molecule has 0 spiro atoms. The van der Waals surface area contributed by atoms with Crippen LogP contribution in [0.3, 0.4) is 0 Å². The number of halogens is 1. The minimum atomic E-state index is -1.24. The molecular weight excluding hydrogens is 560 g/mol. The van der Waals surface area contributed by atoms with Crippen molar-refractivity contribution in [3.05, 3.63) is 69.6 Å². The van der Waals surface area contributed by atoms with Crippen LogP contribution in [0.1, 0.15) is 49.8 Å². The predicted molar refractivity (Wildman–Crippen MR) is 147 cm³/mol. The lowest BCUT2D eigenvalue weighted by molar-refractivity contribution is -0.254. The van der Waals surface area contributed by atoms with Crippen LogP contribution in [0, 0.1) is 0 Å². The van der Waals surface area contributed by atoms with Gasteiger partial charge in [0.1, 0.15) is 18.8 Å².